The minimum atomic E-state index is -0.968. The largest absolute Gasteiger partial charge is 0.478 e. The molecule has 0 aromatic carbocycles. The standard InChI is InChI=1S/C13H15ClN2O2/c14-11-4-3-9(13(17)18)12(16-11)15-10-6-7-1-2-8(10)5-7/h3-4,7-8,10H,1-2,5-6H2,(H,15,16)(H,17,18). The van der Waals surface area contributed by atoms with Crippen molar-refractivity contribution in [2.45, 2.75) is 31.7 Å². The molecule has 0 radical (unpaired) electrons. The van der Waals surface area contributed by atoms with E-state index in [0.717, 1.165) is 12.3 Å². The highest BCUT2D eigenvalue weighted by Gasteiger charge is 2.39. The topological polar surface area (TPSA) is 62.2 Å². The number of carbonyl (C=O) groups is 1. The molecule has 3 rings (SSSR count). The van der Waals surface area contributed by atoms with Gasteiger partial charge in [-0.15, -0.1) is 0 Å². The molecule has 5 heteroatoms. The van der Waals surface area contributed by atoms with Crippen LogP contribution in [-0.4, -0.2) is 22.1 Å². The summed E-state index contributed by atoms with van der Waals surface area (Å²) in [6.07, 6.45) is 4.95. The molecule has 2 N–H and O–H groups in total. The molecule has 3 unspecified atom stereocenters. The van der Waals surface area contributed by atoms with Crippen LogP contribution in [0.15, 0.2) is 12.1 Å². The van der Waals surface area contributed by atoms with E-state index in [1.807, 2.05) is 0 Å². The molecule has 96 valence electrons. The number of anilines is 1. The van der Waals surface area contributed by atoms with E-state index in [-0.39, 0.29) is 5.56 Å². The minimum absolute atomic E-state index is 0.196. The maximum Gasteiger partial charge on any atom is 0.339 e. The highest BCUT2D eigenvalue weighted by Crippen LogP contribution is 2.45. The molecule has 4 nitrogen and oxygen atoms in total. The monoisotopic (exact) mass is 266 g/mol. The molecule has 1 aromatic rings. The van der Waals surface area contributed by atoms with Gasteiger partial charge >= 0.3 is 5.97 Å². The van der Waals surface area contributed by atoms with E-state index in [0.29, 0.717) is 22.9 Å². The highest BCUT2D eigenvalue weighted by molar-refractivity contribution is 6.29. The van der Waals surface area contributed by atoms with E-state index in [4.69, 9.17) is 16.7 Å². The SMILES string of the molecule is O=C(O)c1ccc(Cl)nc1NC1CC2CCC1C2. The van der Waals surface area contributed by atoms with Crippen molar-refractivity contribution in [3.8, 4) is 0 Å². The minimum Gasteiger partial charge on any atom is -0.478 e. The Kier molecular flexibility index (Phi) is 2.90. The molecule has 1 heterocycles. The van der Waals surface area contributed by atoms with E-state index < -0.39 is 5.97 Å². The van der Waals surface area contributed by atoms with Crippen molar-refractivity contribution in [3.05, 3.63) is 22.8 Å². The third-order valence-corrected chi connectivity index (χ3v) is 4.36. The van der Waals surface area contributed by atoms with Crippen LogP contribution in [0.1, 0.15) is 36.0 Å². The van der Waals surface area contributed by atoms with Crippen molar-refractivity contribution < 1.29 is 9.90 Å². The number of nitrogens with one attached hydrogen (secondary N) is 1. The van der Waals surface area contributed by atoms with Gasteiger partial charge in [0, 0.05) is 6.04 Å². The second-order valence-corrected chi connectivity index (χ2v) is 5.65. The fourth-order valence-corrected chi connectivity index (χ4v) is 3.46. The Morgan fingerprint density at radius 3 is 2.83 bits per heavy atom. The van der Waals surface area contributed by atoms with Crippen LogP contribution in [0.3, 0.4) is 0 Å². The van der Waals surface area contributed by atoms with Gasteiger partial charge in [-0.25, -0.2) is 9.78 Å². The summed E-state index contributed by atoms with van der Waals surface area (Å²) in [7, 11) is 0. The first-order valence-electron chi connectivity index (χ1n) is 6.30. The molecule has 0 amide bonds. The summed E-state index contributed by atoms with van der Waals surface area (Å²) in [5.74, 6) is 0.912. The number of nitrogens with zero attached hydrogens (tertiary/aromatic N) is 1. The van der Waals surface area contributed by atoms with Gasteiger partial charge in [-0.1, -0.05) is 18.0 Å². The smallest absolute Gasteiger partial charge is 0.339 e. The summed E-state index contributed by atoms with van der Waals surface area (Å²) in [4.78, 5) is 15.3. The van der Waals surface area contributed by atoms with Crippen LogP contribution in [0, 0.1) is 11.8 Å². The number of carboxylic acid groups (broad SMARTS) is 1. The summed E-state index contributed by atoms with van der Waals surface area (Å²) in [6.45, 7) is 0. The summed E-state index contributed by atoms with van der Waals surface area (Å²) in [6, 6.07) is 3.37. The molecular weight excluding hydrogens is 252 g/mol. The molecule has 2 saturated carbocycles. The average Bonchev–Trinajstić information content (AvgIpc) is 2.90. The van der Waals surface area contributed by atoms with Crippen molar-refractivity contribution in [1.82, 2.24) is 4.98 Å². The van der Waals surface area contributed by atoms with Crippen LogP contribution in [-0.2, 0) is 0 Å². The lowest BCUT2D eigenvalue weighted by Crippen LogP contribution is -2.27. The van der Waals surface area contributed by atoms with Crippen LogP contribution >= 0.6 is 11.6 Å². The molecule has 1 aromatic heterocycles. The van der Waals surface area contributed by atoms with Gasteiger partial charge in [0.2, 0.25) is 0 Å². The lowest BCUT2D eigenvalue weighted by atomic mass is 9.95. The molecule has 3 atom stereocenters. The Balaban J connectivity index is 1.83. The fourth-order valence-electron chi connectivity index (χ4n) is 3.32. The van der Waals surface area contributed by atoms with E-state index in [2.05, 4.69) is 10.3 Å². The zero-order valence-electron chi connectivity index (χ0n) is 9.90. The lowest BCUT2D eigenvalue weighted by Gasteiger charge is -2.24. The fraction of sp³-hybridized carbons (Fsp3) is 0.538. The van der Waals surface area contributed by atoms with E-state index in [1.165, 1.54) is 31.4 Å². The molecule has 0 saturated heterocycles. The molecule has 0 aliphatic heterocycles. The Morgan fingerprint density at radius 2 is 2.22 bits per heavy atom. The van der Waals surface area contributed by atoms with Crippen LogP contribution in [0.5, 0.6) is 0 Å². The zero-order valence-corrected chi connectivity index (χ0v) is 10.7. The summed E-state index contributed by atoms with van der Waals surface area (Å²) in [5, 5.41) is 12.8. The summed E-state index contributed by atoms with van der Waals surface area (Å²) in [5.41, 5.74) is 0.196. The first-order chi connectivity index (χ1) is 8.63. The molecule has 2 aliphatic rings. The number of pyridine rings is 1. The van der Waals surface area contributed by atoms with Crippen molar-refractivity contribution in [3.63, 3.8) is 0 Å². The van der Waals surface area contributed by atoms with Crippen molar-refractivity contribution >= 4 is 23.4 Å². The van der Waals surface area contributed by atoms with Gasteiger partial charge in [-0.2, -0.15) is 0 Å². The molecular formula is C13H15ClN2O2. The average molecular weight is 267 g/mol. The van der Waals surface area contributed by atoms with Crippen LogP contribution in [0.4, 0.5) is 5.82 Å². The second-order valence-electron chi connectivity index (χ2n) is 5.26. The second kappa shape index (κ2) is 4.43. The maximum atomic E-state index is 11.1. The number of aromatic carboxylic acids is 1. The Hall–Kier alpha value is -1.29. The van der Waals surface area contributed by atoms with Crippen LogP contribution in [0.25, 0.3) is 0 Å². The van der Waals surface area contributed by atoms with Crippen LogP contribution < -0.4 is 5.32 Å². The van der Waals surface area contributed by atoms with E-state index >= 15 is 0 Å². The van der Waals surface area contributed by atoms with Crippen molar-refractivity contribution in [2.24, 2.45) is 11.8 Å². The first kappa shape index (κ1) is 11.8. The molecule has 2 fully saturated rings. The summed E-state index contributed by atoms with van der Waals surface area (Å²) < 4.78 is 0. The number of fused-ring (bicyclic) bond motifs is 2. The first-order valence-corrected chi connectivity index (χ1v) is 6.67. The van der Waals surface area contributed by atoms with E-state index in [1.54, 1.807) is 0 Å². The molecule has 2 bridgehead atoms. The Bertz CT molecular complexity index is 492. The van der Waals surface area contributed by atoms with Gasteiger partial charge in [-0.3, -0.25) is 0 Å². The van der Waals surface area contributed by atoms with Gasteiger partial charge in [0.1, 0.15) is 16.5 Å². The molecule has 2 aliphatic carbocycles. The van der Waals surface area contributed by atoms with Gasteiger partial charge in [0.15, 0.2) is 0 Å². The maximum absolute atomic E-state index is 11.1. The Morgan fingerprint density at radius 1 is 1.39 bits per heavy atom. The van der Waals surface area contributed by atoms with E-state index in [9.17, 15) is 4.79 Å². The third kappa shape index (κ3) is 2.05. The number of rotatable bonds is 3. The Labute approximate surface area is 110 Å². The predicted octanol–water partition coefficient (Wildman–Crippen LogP) is 3.03. The van der Waals surface area contributed by atoms with Gasteiger partial charge in [0.05, 0.1) is 0 Å². The van der Waals surface area contributed by atoms with Gasteiger partial charge in [-0.05, 0) is 43.2 Å². The number of hydrogen-bond acceptors (Lipinski definition) is 3. The quantitative estimate of drug-likeness (QED) is 0.826. The number of aromatic nitrogens is 1. The summed E-state index contributed by atoms with van der Waals surface area (Å²) >= 11 is 5.84. The van der Waals surface area contributed by atoms with Crippen molar-refractivity contribution in [2.75, 3.05) is 5.32 Å². The van der Waals surface area contributed by atoms with Crippen LogP contribution in [0.2, 0.25) is 5.15 Å². The lowest BCUT2D eigenvalue weighted by molar-refractivity contribution is 0.0697. The van der Waals surface area contributed by atoms with Gasteiger partial charge in [0.25, 0.3) is 0 Å². The molecule has 18 heavy (non-hydrogen) atoms. The number of halogens is 1. The zero-order chi connectivity index (χ0) is 12.7. The number of carboxylic acids is 1. The normalized spacial score (nSPS) is 29.5. The van der Waals surface area contributed by atoms with Gasteiger partial charge < -0.3 is 10.4 Å². The number of hydrogen-bond donors (Lipinski definition) is 2. The third-order valence-electron chi connectivity index (χ3n) is 4.15. The predicted molar refractivity (Wildman–Crippen MR) is 69.1 cm³/mol. The highest BCUT2D eigenvalue weighted by atomic mass is 35.5. The molecule has 0 spiro atoms. The van der Waals surface area contributed by atoms with Crippen molar-refractivity contribution in [1.29, 1.82) is 0 Å².